The van der Waals surface area contributed by atoms with Gasteiger partial charge in [-0.15, -0.1) is 11.3 Å². The molecule has 1 aliphatic carbocycles. The number of nitrogens with one attached hydrogen (secondary N) is 1. The van der Waals surface area contributed by atoms with Crippen molar-refractivity contribution < 1.29 is 9.53 Å². The van der Waals surface area contributed by atoms with Crippen LogP contribution < -0.4 is 15.0 Å². The number of thiazole rings is 1. The van der Waals surface area contributed by atoms with Crippen molar-refractivity contribution in [3.63, 3.8) is 0 Å². The smallest absolute Gasteiger partial charge is 0.255 e. The minimum atomic E-state index is -0.143. The zero-order valence-electron chi connectivity index (χ0n) is 18.1. The standard InChI is InChI=1S/C25H28N4O2S/c30-25(20-3-1-6-24(13-20)31-16-22-17-32-18-26-22)27-21-4-2-5-23(14-21)29-11-9-28(10-12-29)15-19-7-8-19/h1-6,13-14,17-19H,7-12,15-16H2,(H,27,30). The van der Waals surface area contributed by atoms with E-state index in [4.69, 9.17) is 4.74 Å². The van der Waals surface area contributed by atoms with Gasteiger partial charge >= 0.3 is 0 Å². The molecule has 2 aliphatic rings. The van der Waals surface area contributed by atoms with E-state index in [9.17, 15) is 4.79 Å². The molecule has 5 rings (SSSR count). The lowest BCUT2D eigenvalue weighted by Crippen LogP contribution is -2.47. The topological polar surface area (TPSA) is 57.7 Å². The van der Waals surface area contributed by atoms with Crippen LogP contribution in [-0.2, 0) is 6.61 Å². The summed E-state index contributed by atoms with van der Waals surface area (Å²) in [6, 6.07) is 15.4. The number of anilines is 2. The van der Waals surface area contributed by atoms with Crippen molar-refractivity contribution in [2.75, 3.05) is 42.9 Å². The largest absolute Gasteiger partial charge is 0.487 e. The van der Waals surface area contributed by atoms with Gasteiger partial charge in [0.15, 0.2) is 0 Å². The average molecular weight is 449 g/mol. The van der Waals surface area contributed by atoms with Gasteiger partial charge in [-0.2, -0.15) is 0 Å². The van der Waals surface area contributed by atoms with Crippen molar-refractivity contribution in [1.82, 2.24) is 9.88 Å². The number of piperazine rings is 1. The van der Waals surface area contributed by atoms with Gasteiger partial charge < -0.3 is 15.0 Å². The highest BCUT2D eigenvalue weighted by Gasteiger charge is 2.26. The number of carbonyl (C=O) groups is 1. The number of benzene rings is 2. The van der Waals surface area contributed by atoms with Gasteiger partial charge in [0.05, 0.1) is 11.2 Å². The van der Waals surface area contributed by atoms with E-state index in [-0.39, 0.29) is 5.91 Å². The van der Waals surface area contributed by atoms with E-state index in [0.29, 0.717) is 17.9 Å². The molecule has 2 aromatic carbocycles. The van der Waals surface area contributed by atoms with Crippen LogP contribution in [0, 0.1) is 5.92 Å². The van der Waals surface area contributed by atoms with Crippen LogP contribution in [0.1, 0.15) is 28.9 Å². The number of hydrogen-bond donors (Lipinski definition) is 1. The van der Waals surface area contributed by atoms with E-state index in [0.717, 1.165) is 49.2 Å². The molecular formula is C25H28N4O2S. The van der Waals surface area contributed by atoms with Crippen molar-refractivity contribution in [3.05, 3.63) is 70.7 Å². The molecule has 0 radical (unpaired) electrons. The van der Waals surface area contributed by atoms with Crippen LogP contribution in [0.4, 0.5) is 11.4 Å². The average Bonchev–Trinajstić information content (AvgIpc) is 3.48. The summed E-state index contributed by atoms with van der Waals surface area (Å²) in [4.78, 5) is 22.1. The number of carbonyl (C=O) groups excluding carboxylic acids is 1. The molecule has 0 bridgehead atoms. The first kappa shape index (κ1) is 21.0. The van der Waals surface area contributed by atoms with E-state index in [2.05, 4.69) is 32.2 Å². The number of amides is 1. The highest BCUT2D eigenvalue weighted by molar-refractivity contribution is 7.07. The molecule has 1 aliphatic heterocycles. The van der Waals surface area contributed by atoms with Crippen LogP contribution >= 0.6 is 11.3 Å². The number of aromatic nitrogens is 1. The summed E-state index contributed by atoms with van der Waals surface area (Å²) >= 11 is 1.54. The van der Waals surface area contributed by atoms with Crippen molar-refractivity contribution in [2.24, 2.45) is 5.92 Å². The molecular weight excluding hydrogens is 420 g/mol. The Hall–Kier alpha value is -2.90. The third-order valence-electron chi connectivity index (χ3n) is 6.02. The van der Waals surface area contributed by atoms with Crippen LogP contribution in [0.5, 0.6) is 5.75 Å². The minimum absolute atomic E-state index is 0.143. The van der Waals surface area contributed by atoms with Gasteiger partial charge in [-0.25, -0.2) is 4.98 Å². The zero-order chi connectivity index (χ0) is 21.8. The normalized spacial score (nSPS) is 16.7. The molecule has 1 amide bonds. The van der Waals surface area contributed by atoms with Crippen molar-refractivity contribution >= 4 is 28.6 Å². The maximum atomic E-state index is 12.8. The monoisotopic (exact) mass is 448 g/mol. The Morgan fingerprint density at radius 3 is 2.72 bits per heavy atom. The molecule has 0 spiro atoms. The summed E-state index contributed by atoms with van der Waals surface area (Å²) in [5.74, 6) is 1.45. The summed E-state index contributed by atoms with van der Waals surface area (Å²) < 4.78 is 5.78. The maximum absolute atomic E-state index is 12.8. The van der Waals surface area contributed by atoms with Gasteiger partial charge in [0.1, 0.15) is 12.4 Å². The lowest BCUT2D eigenvalue weighted by molar-refractivity contribution is 0.102. The van der Waals surface area contributed by atoms with E-state index in [1.807, 2.05) is 29.6 Å². The van der Waals surface area contributed by atoms with Crippen LogP contribution in [0.3, 0.4) is 0 Å². The third-order valence-corrected chi connectivity index (χ3v) is 6.66. The molecule has 1 N–H and O–H groups in total. The summed E-state index contributed by atoms with van der Waals surface area (Å²) in [7, 11) is 0. The van der Waals surface area contributed by atoms with Gasteiger partial charge in [0, 0.05) is 55.0 Å². The Morgan fingerprint density at radius 1 is 1.09 bits per heavy atom. The Labute approximate surface area is 192 Å². The van der Waals surface area contributed by atoms with Gasteiger partial charge in [-0.1, -0.05) is 12.1 Å². The van der Waals surface area contributed by atoms with Crippen LogP contribution in [-0.4, -0.2) is 48.5 Å². The quantitative estimate of drug-likeness (QED) is 0.550. The van der Waals surface area contributed by atoms with Crippen molar-refractivity contribution in [2.45, 2.75) is 19.4 Å². The summed E-state index contributed by atoms with van der Waals surface area (Å²) in [6.07, 6.45) is 2.81. The number of nitrogens with zero attached hydrogens (tertiary/aromatic N) is 3. The highest BCUT2D eigenvalue weighted by Crippen LogP contribution is 2.30. The van der Waals surface area contributed by atoms with Crippen molar-refractivity contribution in [1.29, 1.82) is 0 Å². The molecule has 1 saturated carbocycles. The predicted octanol–water partition coefficient (Wildman–Crippen LogP) is 4.51. The maximum Gasteiger partial charge on any atom is 0.255 e. The fourth-order valence-electron chi connectivity index (χ4n) is 4.03. The fraction of sp³-hybridized carbons (Fsp3) is 0.360. The number of ether oxygens (including phenoxy) is 1. The molecule has 1 aromatic heterocycles. The highest BCUT2D eigenvalue weighted by atomic mass is 32.1. The first-order valence-electron chi connectivity index (χ1n) is 11.2. The van der Waals surface area contributed by atoms with Gasteiger partial charge in [-0.3, -0.25) is 9.69 Å². The Balaban J connectivity index is 1.18. The van der Waals surface area contributed by atoms with E-state index >= 15 is 0 Å². The summed E-state index contributed by atoms with van der Waals surface area (Å²) in [5, 5.41) is 4.99. The number of hydrogen-bond acceptors (Lipinski definition) is 6. The molecule has 166 valence electrons. The molecule has 7 heteroatoms. The molecule has 3 aromatic rings. The minimum Gasteiger partial charge on any atom is -0.487 e. The molecule has 1 saturated heterocycles. The molecule has 2 heterocycles. The van der Waals surface area contributed by atoms with Gasteiger partial charge in [-0.05, 0) is 55.2 Å². The third kappa shape index (κ3) is 5.47. The zero-order valence-corrected chi connectivity index (χ0v) is 18.9. The lowest BCUT2D eigenvalue weighted by Gasteiger charge is -2.36. The summed E-state index contributed by atoms with van der Waals surface area (Å²) in [6.45, 7) is 5.94. The van der Waals surface area contributed by atoms with Crippen LogP contribution in [0.15, 0.2) is 59.4 Å². The second kappa shape index (κ2) is 9.71. The first-order chi connectivity index (χ1) is 15.7. The Morgan fingerprint density at radius 2 is 1.94 bits per heavy atom. The van der Waals surface area contributed by atoms with Crippen LogP contribution in [0.25, 0.3) is 0 Å². The summed E-state index contributed by atoms with van der Waals surface area (Å²) in [5.41, 5.74) is 5.20. The van der Waals surface area contributed by atoms with Crippen LogP contribution in [0.2, 0.25) is 0 Å². The Bertz CT molecular complexity index is 1040. The second-order valence-electron chi connectivity index (χ2n) is 8.53. The van der Waals surface area contributed by atoms with E-state index in [1.165, 1.54) is 30.7 Å². The molecule has 32 heavy (non-hydrogen) atoms. The molecule has 0 atom stereocenters. The number of rotatable bonds is 8. The molecule has 0 unspecified atom stereocenters. The second-order valence-corrected chi connectivity index (χ2v) is 9.25. The van der Waals surface area contributed by atoms with E-state index < -0.39 is 0 Å². The Kier molecular flexibility index (Phi) is 6.36. The molecule has 6 nitrogen and oxygen atoms in total. The predicted molar refractivity (Wildman–Crippen MR) is 129 cm³/mol. The van der Waals surface area contributed by atoms with Crippen molar-refractivity contribution in [3.8, 4) is 5.75 Å². The fourth-order valence-corrected chi connectivity index (χ4v) is 4.57. The van der Waals surface area contributed by atoms with Gasteiger partial charge in [0.2, 0.25) is 0 Å². The lowest BCUT2D eigenvalue weighted by atomic mass is 10.2. The SMILES string of the molecule is O=C(Nc1cccc(N2CCN(CC3CC3)CC2)c1)c1cccc(OCc2cscn2)c1. The first-order valence-corrected chi connectivity index (χ1v) is 12.2. The van der Waals surface area contributed by atoms with Gasteiger partial charge in [0.25, 0.3) is 5.91 Å². The molecule has 2 fully saturated rings. The van der Waals surface area contributed by atoms with E-state index in [1.54, 1.807) is 17.6 Å².